The molecule has 1 aliphatic heterocycles. The number of nitrogens with zero attached hydrogens (tertiary/aromatic N) is 1. The molecule has 0 aliphatic carbocycles. The van der Waals surface area contributed by atoms with Gasteiger partial charge in [-0.25, -0.2) is 0 Å². The van der Waals surface area contributed by atoms with Crippen molar-refractivity contribution in [1.82, 2.24) is 10.2 Å². The molecule has 0 amide bonds. The molecule has 1 aliphatic rings. The zero-order valence-corrected chi connectivity index (χ0v) is 18.1. The highest BCUT2D eigenvalue weighted by Gasteiger charge is 2.27. The Balaban J connectivity index is 1.60. The molecule has 3 unspecified atom stereocenters. The molecule has 4 nitrogen and oxygen atoms in total. The molecule has 1 fully saturated rings. The van der Waals surface area contributed by atoms with Crippen LogP contribution in [0.4, 0.5) is 0 Å². The lowest BCUT2D eigenvalue weighted by Gasteiger charge is -2.32. The number of likely N-dealkylation sites (tertiary alicyclic amines) is 1. The first-order valence-electron chi connectivity index (χ1n) is 11.0. The Morgan fingerprint density at radius 3 is 2.69 bits per heavy atom. The average molecular weight is 397 g/mol. The monoisotopic (exact) mass is 396 g/mol. The summed E-state index contributed by atoms with van der Waals surface area (Å²) in [5.41, 5.74) is 2.45. The Bertz CT molecular complexity index is 747. The molecular formula is C25H36N2O2. The molecule has 0 aromatic heterocycles. The summed E-state index contributed by atoms with van der Waals surface area (Å²) in [4.78, 5) is 2.46. The summed E-state index contributed by atoms with van der Waals surface area (Å²) in [6.07, 6.45) is 3.45. The van der Waals surface area contributed by atoms with Crippen LogP contribution in [0.15, 0.2) is 48.5 Å². The van der Waals surface area contributed by atoms with Crippen molar-refractivity contribution >= 4 is 0 Å². The van der Waals surface area contributed by atoms with Crippen molar-refractivity contribution in [3.63, 3.8) is 0 Å². The first kappa shape index (κ1) is 21.8. The predicted molar refractivity (Wildman–Crippen MR) is 119 cm³/mol. The number of aliphatic hydroxyl groups excluding tert-OH is 1. The summed E-state index contributed by atoms with van der Waals surface area (Å²) in [7, 11) is 0. The van der Waals surface area contributed by atoms with Gasteiger partial charge in [0.05, 0.1) is 6.61 Å². The highest BCUT2D eigenvalue weighted by atomic mass is 16.5. The summed E-state index contributed by atoms with van der Waals surface area (Å²) >= 11 is 0. The first-order valence-corrected chi connectivity index (χ1v) is 11.0. The van der Waals surface area contributed by atoms with Crippen molar-refractivity contribution in [2.45, 2.75) is 58.7 Å². The van der Waals surface area contributed by atoms with E-state index in [9.17, 15) is 5.11 Å². The van der Waals surface area contributed by atoms with Gasteiger partial charge in [-0.15, -0.1) is 0 Å². The topological polar surface area (TPSA) is 44.7 Å². The van der Waals surface area contributed by atoms with E-state index in [1.165, 1.54) is 17.5 Å². The third-order valence-corrected chi connectivity index (χ3v) is 6.20. The van der Waals surface area contributed by atoms with E-state index in [4.69, 9.17) is 4.74 Å². The van der Waals surface area contributed by atoms with Crippen LogP contribution in [0.1, 0.15) is 44.2 Å². The van der Waals surface area contributed by atoms with E-state index < -0.39 is 0 Å². The second-order valence-electron chi connectivity index (χ2n) is 8.41. The predicted octanol–water partition coefficient (Wildman–Crippen LogP) is 4.75. The van der Waals surface area contributed by atoms with Crippen LogP contribution >= 0.6 is 0 Å². The van der Waals surface area contributed by atoms with Gasteiger partial charge in [0.25, 0.3) is 0 Å². The lowest BCUT2D eigenvalue weighted by atomic mass is 9.98. The maximum atomic E-state index is 9.64. The number of nitrogens with one attached hydrogen (secondary N) is 1. The highest BCUT2D eigenvalue weighted by molar-refractivity contribution is 5.35. The molecule has 1 heterocycles. The minimum atomic E-state index is 0.269. The number of aliphatic hydroxyl groups is 1. The van der Waals surface area contributed by atoms with Crippen LogP contribution < -0.4 is 10.1 Å². The van der Waals surface area contributed by atoms with Crippen molar-refractivity contribution in [2.24, 2.45) is 5.92 Å². The van der Waals surface area contributed by atoms with Crippen molar-refractivity contribution in [3.8, 4) is 11.5 Å². The van der Waals surface area contributed by atoms with E-state index in [1.54, 1.807) is 0 Å². The second-order valence-corrected chi connectivity index (χ2v) is 8.41. The van der Waals surface area contributed by atoms with Crippen LogP contribution in [0.2, 0.25) is 0 Å². The Morgan fingerprint density at radius 2 is 1.97 bits per heavy atom. The van der Waals surface area contributed by atoms with Gasteiger partial charge in [0.15, 0.2) is 0 Å². The fourth-order valence-electron chi connectivity index (χ4n) is 4.04. The third kappa shape index (κ3) is 6.30. The SMILES string of the molecule is CCC(C)C(CN1CCCC1CO)NCc1cccc(Oc2ccc(C)cc2)c1. The van der Waals surface area contributed by atoms with Gasteiger partial charge in [-0.2, -0.15) is 0 Å². The largest absolute Gasteiger partial charge is 0.457 e. The van der Waals surface area contributed by atoms with Crippen LogP contribution in [0.3, 0.4) is 0 Å². The van der Waals surface area contributed by atoms with Crippen molar-refractivity contribution in [3.05, 3.63) is 59.7 Å². The highest BCUT2D eigenvalue weighted by Crippen LogP contribution is 2.23. The minimum absolute atomic E-state index is 0.269. The fraction of sp³-hybridized carbons (Fsp3) is 0.520. The Hall–Kier alpha value is -1.88. The van der Waals surface area contributed by atoms with Crippen LogP contribution in [0, 0.1) is 12.8 Å². The average Bonchev–Trinajstić information content (AvgIpc) is 3.19. The van der Waals surface area contributed by atoms with Gasteiger partial charge in [0, 0.05) is 25.2 Å². The van der Waals surface area contributed by atoms with Crippen LogP contribution in [-0.2, 0) is 6.54 Å². The molecular weight excluding hydrogens is 360 g/mol. The second kappa shape index (κ2) is 10.8. The van der Waals surface area contributed by atoms with Crippen molar-refractivity contribution in [2.75, 3.05) is 19.7 Å². The summed E-state index contributed by atoms with van der Waals surface area (Å²) in [5, 5.41) is 13.4. The van der Waals surface area contributed by atoms with Gasteiger partial charge in [0.1, 0.15) is 11.5 Å². The zero-order valence-electron chi connectivity index (χ0n) is 18.1. The quantitative estimate of drug-likeness (QED) is 0.608. The summed E-state index contributed by atoms with van der Waals surface area (Å²) in [6.45, 7) is 9.83. The first-order chi connectivity index (χ1) is 14.1. The molecule has 0 radical (unpaired) electrons. The maximum absolute atomic E-state index is 9.64. The molecule has 158 valence electrons. The van der Waals surface area contributed by atoms with Gasteiger partial charge >= 0.3 is 0 Å². The molecule has 0 saturated carbocycles. The number of ether oxygens (including phenoxy) is 1. The van der Waals surface area contributed by atoms with E-state index >= 15 is 0 Å². The molecule has 2 N–H and O–H groups in total. The summed E-state index contributed by atoms with van der Waals surface area (Å²) < 4.78 is 6.02. The third-order valence-electron chi connectivity index (χ3n) is 6.20. The Kier molecular flexibility index (Phi) is 8.10. The minimum Gasteiger partial charge on any atom is -0.457 e. The maximum Gasteiger partial charge on any atom is 0.127 e. The van der Waals surface area contributed by atoms with Crippen molar-refractivity contribution < 1.29 is 9.84 Å². The smallest absolute Gasteiger partial charge is 0.127 e. The number of hydrogen-bond donors (Lipinski definition) is 2. The molecule has 3 rings (SSSR count). The van der Waals surface area contributed by atoms with E-state index in [0.29, 0.717) is 18.0 Å². The van der Waals surface area contributed by atoms with Gasteiger partial charge < -0.3 is 15.2 Å². The Labute approximate surface area is 175 Å². The molecule has 2 aromatic carbocycles. The summed E-state index contributed by atoms with van der Waals surface area (Å²) in [6, 6.07) is 17.2. The lowest BCUT2D eigenvalue weighted by Crippen LogP contribution is -2.46. The van der Waals surface area contributed by atoms with Crippen molar-refractivity contribution in [1.29, 1.82) is 0 Å². The number of rotatable bonds is 10. The van der Waals surface area contributed by atoms with Gasteiger partial charge in [-0.05, 0) is 62.1 Å². The summed E-state index contributed by atoms with van der Waals surface area (Å²) in [5.74, 6) is 2.32. The van der Waals surface area contributed by atoms with Gasteiger partial charge in [-0.3, -0.25) is 4.90 Å². The fourth-order valence-corrected chi connectivity index (χ4v) is 4.04. The number of benzene rings is 2. The molecule has 0 bridgehead atoms. The lowest BCUT2D eigenvalue weighted by molar-refractivity contribution is 0.136. The van der Waals surface area contributed by atoms with E-state index in [2.05, 4.69) is 61.3 Å². The van der Waals surface area contributed by atoms with Gasteiger partial charge in [0.2, 0.25) is 0 Å². The molecule has 29 heavy (non-hydrogen) atoms. The zero-order chi connectivity index (χ0) is 20.6. The van der Waals surface area contributed by atoms with Crippen LogP contribution in [0.25, 0.3) is 0 Å². The molecule has 4 heteroatoms. The van der Waals surface area contributed by atoms with E-state index in [-0.39, 0.29) is 6.61 Å². The van der Waals surface area contributed by atoms with E-state index in [0.717, 1.165) is 44.0 Å². The number of hydrogen-bond acceptors (Lipinski definition) is 4. The molecule has 0 spiro atoms. The number of aryl methyl sites for hydroxylation is 1. The van der Waals surface area contributed by atoms with E-state index in [1.807, 2.05) is 18.2 Å². The molecule has 2 aromatic rings. The Morgan fingerprint density at radius 1 is 1.17 bits per heavy atom. The van der Waals surface area contributed by atoms with Gasteiger partial charge in [-0.1, -0.05) is 50.1 Å². The van der Waals surface area contributed by atoms with Crippen LogP contribution in [0.5, 0.6) is 11.5 Å². The molecule has 1 saturated heterocycles. The van der Waals surface area contributed by atoms with Crippen LogP contribution in [-0.4, -0.2) is 41.8 Å². The normalized spacial score (nSPS) is 19.2. The standard InChI is InChI=1S/C25H36N2O2/c1-4-20(3)25(17-27-14-6-8-22(27)18-28)26-16-21-7-5-9-24(15-21)29-23-12-10-19(2)11-13-23/h5,7,9-13,15,20,22,25-26,28H,4,6,8,14,16-18H2,1-3H3. The molecule has 3 atom stereocenters.